The van der Waals surface area contributed by atoms with Crippen LogP contribution >= 0.6 is 11.8 Å². The number of allylic oxidation sites excluding steroid dienone is 3. The van der Waals surface area contributed by atoms with Crippen LogP contribution in [0.2, 0.25) is 0 Å². The second-order valence-electron chi connectivity index (χ2n) is 8.48. The van der Waals surface area contributed by atoms with E-state index in [9.17, 15) is 19.2 Å². The van der Waals surface area contributed by atoms with Gasteiger partial charge in [-0.25, -0.2) is 9.59 Å². The molecule has 0 fully saturated rings. The van der Waals surface area contributed by atoms with Gasteiger partial charge in [0.2, 0.25) is 0 Å². The number of thioether (sulfide) groups is 1. The highest BCUT2D eigenvalue weighted by Gasteiger charge is 2.47. The van der Waals surface area contributed by atoms with Crippen LogP contribution in [-0.4, -0.2) is 56.0 Å². The molecule has 1 heterocycles. The smallest absolute Gasteiger partial charge is 0.337 e. The van der Waals surface area contributed by atoms with Gasteiger partial charge in [0, 0.05) is 28.6 Å². The molecule has 0 spiro atoms. The largest absolute Gasteiger partial charge is 0.468 e. The lowest BCUT2D eigenvalue weighted by molar-refractivity contribution is -0.151. The number of esters is 3. The number of hydrogen-bond donors (Lipinski definition) is 1. The van der Waals surface area contributed by atoms with Crippen LogP contribution in [0.25, 0.3) is 0 Å². The highest BCUT2D eigenvalue weighted by molar-refractivity contribution is 7.99. The number of hydrogen-bond acceptors (Lipinski definition) is 9. The zero-order valence-corrected chi connectivity index (χ0v) is 21.5. The van der Waals surface area contributed by atoms with Crippen molar-refractivity contribution in [3.8, 4) is 0 Å². The fraction of sp³-hybridized carbons (Fsp3) is 0.462. The van der Waals surface area contributed by atoms with E-state index in [1.54, 1.807) is 43.0 Å². The molecule has 1 aliphatic carbocycles. The van der Waals surface area contributed by atoms with E-state index < -0.39 is 29.7 Å². The van der Waals surface area contributed by atoms with Crippen molar-refractivity contribution in [1.82, 2.24) is 5.32 Å². The highest BCUT2D eigenvalue weighted by atomic mass is 32.2. The van der Waals surface area contributed by atoms with Crippen LogP contribution in [0.5, 0.6) is 0 Å². The van der Waals surface area contributed by atoms with Crippen LogP contribution in [0.4, 0.5) is 0 Å². The third-order valence-corrected chi connectivity index (χ3v) is 7.16. The summed E-state index contributed by atoms with van der Waals surface area (Å²) in [6.07, 6.45) is 0.449. The molecule has 1 aromatic carbocycles. The third kappa shape index (κ3) is 5.45. The Kier molecular flexibility index (Phi) is 8.77. The molecule has 1 aromatic rings. The minimum Gasteiger partial charge on any atom is -0.468 e. The summed E-state index contributed by atoms with van der Waals surface area (Å²) in [5, 5.41) is 3.23. The summed E-state index contributed by atoms with van der Waals surface area (Å²) < 4.78 is 15.3. The van der Waals surface area contributed by atoms with Crippen molar-refractivity contribution in [2.45, 2.75) is 33.1 Å². The van der Waals surface area contributed by atoms with Gasteiger partial charge in [-0.3, -0.25) is 9.59 Å². The Morgan fingerprint density at radius 2 is 1.77 bits per heavy atom. The van der Waals surface area contributed by atoms with Crippen LogP contribution in [0.1, 0.15) is 49.0 Å². The minimum absolute atomic E-state index is 0.240. The zero-order valence-electron chi connectivity index (χ0n) is 20.6. The van der Waals surface area contributed by atoms with Crippen molar-refractivity contribution in [1.29, 1.82) is 0 Å². The molecule has 35 heavy (non-hydrogen) atoms. The van der Waals surface area contributed by atoms with Gasteiger partial charge < -0.3 is 19.5 Å². The van der Waals surface area contributed by atoms with Gasteiger partial charge in [-0.2, -0.15) is 11.8 Å². The number of rotatable bonds is 8. The molecule has 0 saturated carbocycles. The molecule has 2 aliphatic rings. The molecule has 0 amide bonds. The Hall–Kier alpha value is -3.07. The molecule has 8 nitrogen and oxygen atoms in total. The van der Waals surface area contributed by atoms with Gasteiger partial charge in [0.15, 0.2) is 5.78 Å². The fourth-order valence-corrected chi connectivity index (χ4v) is 5.12. The maximum absolute atomic E-state index is 13.7. The Morgan fingerprint density at radius 3 is 2.37 bits per heavy atom. The molecule has 1 aliphatic heterocycles. The normalized spacial score (nSPS) is 21.7. The number of carbonyl (C=O) groups excluding carboxylic acids is 4. The van der Waals surface area contributed by atoms with E-state index in [1.165, 1.54) is 14.2 Å². The lowest BCUT2D eigenvalue weighted by Crippen LogP contribution is -2.43. The van der Waals surface area contributed by atoms with Crippen molar-refractivity contribution < 1.29 is 33.4 Å². The van der Waals surface area contributed by atoms with Crippen LogP contribution in [0.3, 0.4) is 0 Å². The Morgan fingerprint density at radius 1 is 1.09 bits per heavy atom. The summed E-state index contributed by atoms with van der Waals surface area (Å²) in [4.78, 5) is 51.4. The van der Waals surface area contributed by atoms with E-state index in [4.69, 9.17) is 14.2 Å². The maximum Gasteiger partial charge on any atom is 0.337 e. The first kappa shape index (κ1) is 26.5. The topological polar surface area (TPSA) is 108 Å². The number of dihydropyridines is 1. The summed E-state index contributed by atoms with van der Waals surface area (Å²) in [7, 11) is 2.56. The first-order valence-electron chi connectivity index (χ1n) is 11.5. The number of nitrogens with one attached hydrogen (secondary N) is 1. The average Bonchev–Trinajstić information content (AvgIpc) is 2.85. The van der Waals surface area contributed by atoms with Crippen LogP contribution in [0, 0.1) is 11.8 Å². The van der Waals surface area contributed by atoms with E-state index >= 15 is 0 Å². The average molecular weight is 502 g/mol. The Labute approximate surface area is 209 Å². The molecule has 0 radical (unpaired) electrons. The van der Waals surface area contributed by atoms with E-state index in [-0.39, 0.29) is 18.3 Å². The molecule has 0 unspecified atom stereocenters. The summed E-state index contributed by atoms with van der Waals surface area (Å²) in [6, 6.07) is 6.57. The number of Topliss-reactive ketones (excluding diaryl/α,β-unsaturated/α-hetero) is 1. The standard InChI is InChI=1S/C26H31NO7S/c1-6-35-12-11-34-26(31)20-15(3)27-18-13-14(2)19(25(30)33-5)23(28)22(18)21(20)16-7-9-17(10-8-16)24(29)32-4/h7-10,14,19,21,27H,6,11-13H2,1-5H3/t14-,19+,21-/m0/s1. The van der Waals surface area contributed by atoms with Gasteiger partial charge in [-0.15, -0.1) is 0 Å². The molecule has 1 N–H and O–H groups in total. The lowest BCUT2D eigenvalue weighted by Gasteiger charge is -2.38. The molecular weight excluding hydrogens is 470 g/mol. The molecule has 0 aromatic heterocycles. The van der Waals surface area contributed by atoms with E-state index in [2.05, 4.69) is 5.32 Å². The van der Waals surface area contributed by atoms with Crippen molar-refractivity contribution in [2.75, 3.05) is 32.3 Å². The second kappa shape index (κ2) is 11.6. The number of ether oxygens (including phenoxy) is 3. The maximum atomic E-state index is 13.7. The van der Waals surface area contributed by atoms with E-state index in [0.29, 0.717) is 45.8 Å². The number of ketones is 1. The van der Waals surface area contributed by atoms with Crippen molar-refractivity contribution in [3.63, 3.8) is 0 Å². The summed E-state index contributed by atoms with van der Waals surface area (Å²) in [5.74, 6) is -2.40. The van der Waals surface area contributed by atoms with Crippen LogP contribution in [-0.2, 0) is 28.6 Å². The van der Waals surface area contributed by atoms with Gasteiger partial charge >= 0.3 is 17.9 Å². The monoisotopic (exact) mass is 501 g/mol. The SMILES string of the molecule is CCSCCOC(=O)C1=C(C)NC2=C(C(=O)[C@H](C(=O)OC)[C@@H](C)C2)[C@H]1c1ccc(C(=O)OC)cc1. The van der Waals surface area contributed by atoms with Crippen molar-refractivity contribution >= 4 is 35.5 Å². The molecule has 3 rings (SSSR count). The molecule has 0 bridgehead atoms. The molecular formula is C26H31NO7S. The zero-order chi connectivity index (χ0) is 25.7. The lowest BCUT2D eigenvalue weighted by atomic mass is 9.69. The molecule has 3 atom stereocenters. The molecule has 9 heteroatoms. The van der Waals surface area contributed by atoms with Gasteiger partial charge in [0.1, 0.15) is 12.5 Å². The molecule has 188 valence electrons. The second-order valence-corrected chi connectivity index (χ2v) is 9.88. The highest BCUT2D eigenvalue weighted by Crippen LogP contribution is 2.45. The Balaban J connectivity index is 2.08. The van der Waals surface area contributed by atoms with Gasteiger partial charge in [0.25, 0.3) is 0 Å². The summed E-state index contributed by atoms with van der Waals surface area (Å²) in [5.41, 5.74) is 2.91. The summed E-state index contributed by atoms with van der Waals surface area (Å²) >= 11 is 1.66. The first-order valence-corrected chi connectivity index (χ1v) is 12.7. The predicted octanol–water partition coefficient (Wildman–Crippen LogP) is 3.38. The van der Waals surface area contributed by atoms with E-state index in [0.717, 1.165) is 5.75 Å². The molecule has 0 saturated heterocycles. The first-order chi connectivity index (χ1) is 16.7. The number of carbonyl (C=O) groups is 4. The van der Waals surface area contributed by atoms with Gasteiger partial charge in [-0.05, 0) is 42.7 Å². The van der Waals surface area contributed by atoms with Crippen LogP contribution < -0.4 is 5.32 Å². The number of methoxy groups -OCH3 is 2. The third-order valence-electron chi connectivity index (χ3n) is 6.29. The quantitative estimate of drug-likeness (QED) is 0.248. The number of benzene rings is 1. The summed E-state index contributed by atoms with van der Waals surface area (Å²) in [6.45, 7) is 5.88. The van der Waals surface area contributed by atoms with Crippen molar-refractivity contribution in [2.24, 2.45) is 11.8 Å². The Bertz CT molecular complexity index is 1070. The van der Waals surface area contributed by atoms with Crippen molar-refractivity contribution in [3.05, 3.63) is 57.9 Å². The van der Waals surface area contributed by atoms with Gasteiger partial charge in [-0.1, -0.05) is 26.0 Å². The van der Waals surface area contributed by atoms with Crippen LogP contribution in [0.15, 0.2) is 46.8 Å². The van der Waals surface area contributed by atoms with E-state index in [1.807, 2.05) is 13.8 Å². The fourth-order valence-electron chi connectivity index (χ4n) is 4.63. The minimum atomic E-state index is -0.964. The predicted molar refractivity (Wildman–Crippen MR) is 132 cm³/mol. The van der Waals surface area contributed by atoms with Gasteiger partial charge in [0.05, 0.1) is 25.4 Å².